The lowest BCUT2D eigenvalue weighted by Crippen LogP contribution is -2.75. The van der Waals surface area contributed by atoms with Crippen molar-refractivity contribution in [1.29, 1.82) is 0 Å². The Labute approximate surface area is 41.4 Å². The van der Waals surface area contributed by atoms with Crippen molar-refractivity contribution in [2.75, 3.05) is 6.54 Å². The molecule has 1 heterocycles. The molecular weight excluding hydrogens is 92.1 g/mol. The molecule has 0 fully saturated rings. The van der Waals surface area contributed by atoms with Crippen LogP contribution in [0.15, 0.2) is 0 Å². The maximum absolute atomic E-state index is 10.3. The highest BCUT2D eigenvalue weighted by molar-refractivity contribution is 5.86. The van der Waals surface area contributed by atoms with Gasteiger partial charge >= 0.3 is 5.91 Å². The van der Waals surface area contributed by atoms with Gasteiger partial charge in [0.15, 0.2) is 0 Å². The van der Waals surface area contributed by atoms with E-state index < -0.39 is 0 Å². The average molecular weight is 99.1 g/mol. The molecule has 38 valence electrons. The monoisotopic (exact) mass is 99.1 g/mol. The van der Waals surface area contributed by atoms with Crippen LogP contribution in [0.3, 0.4) is 0 Å². The number of hydrogen-bond acceptors (Lipinski definition) is 1. The van der Waals surface area contributed by atoms with Gasteiger partial charge in [0.25, 0.3) is 0 Å². The third-order valence-corrected chi connectivity index (χ3v) is 0.832. The third kappa shape index (κ3) is 0.994. The highest BCUT2D eigenvalue weighted by Gasteiger charge is 2.06. The molecule has 2 N–H and O–H groups in total. The topological polar surface area (TPSA) is 43.1 Å². The summed E-state index contributed by atoms with van der Waals surface area (Å²) in [5.74, 6) is 0.0961. The number of amides is 1. The first kappa shape index (κ1) is 4.30. The van der Waals surface area contributed by atoms with E-state index in [2.05, 4.69) is 10.3 Å². The lowest BCUT2D eigenvalue weighted by molar-refractivity contribution is -0.455. The van der Waals surface area contributed by atoms with Crippen LogP contribution in [0.4, 0.5) is 0 Å². The molecule has 0 aromatic carbocycles. The zero-order valence-electron chi connectivity index (χ0n) is 3.90. The zero-order valence-corrected chi connectivity index (χ0v) is 3.90. The van der Waals surface area contributed by atoms with Gasteiger partial charge in [0.05, 0.1) is 13.0 Å². The van der Waals surface area contributed by atoms with Crippen molar-refractivity contribution in [1.82, 2.24) is 5.32 Å². The summed E-state index contributed by atoms with van der Waals surface area (Å²) >= 11 is 0. The zero-order chi connectivity index (χ0) is 5.11. The van der Waals surface area contributed by atoms with Gasteiger partial charge < -0.3 is 0 Å². The van der Waals surface area contributed by atoms with Gasteiger partial charge in [-0.1, -0.05) is 0 Å². The molecule has 1 amide bonds. The van der Waals surface area contributed by atoms with E-state index in [-0.39, 0.29) is 5.91 Å². The summed E-state index contributed by atoms with van der Waals surface area (Å²) < 4.78 is 0. The Kier molecular flexibility index (Phi) is 1.06. The van der Waals surface area contributed by atoms with Crippen LogP contribution in [0.5, 0.6) is 0 Å². The van der Waals surface area contributed by atoms with E-state index in [0.717, 1.165) is 6.54 Å². The maximum atomic E-state index is 10.3. The second-order valence-electron chi connectivity index (χ2n) is 1.42. The molecule has 0 bridgehead atoms. The first-order valence-electron chi connectivity index (χ1n) is 2.24. The summed E-state index contributed by atoms with van der Waals surface area (Å²) in [5, 5.41) is 2.51. The van der Waals surface area contributed by atoms with Crippen molar-refractivity contribution in [3.63, 3.8) is 0 Å². The SMILES string of the molecule is O=C1CC[NH+]=CN1. The van der Waals surface area contributed by atoms with Crippen molar-refractivity contribution in [3.8, 4) is 0 Å². The van der Waals surface area contributed by atoms with Gasteiger partial charge in [0, 0.05) is 0 Å². The van der Waals surface area contributed by atoms with Gasteiger partial charge in [0.1, 0.15) is 0 Å². The summed E-state index contributed by atoms with van der Waals surface area (Å²) in [6, 6.07) is 0. The van der Waals surface area contributed by atoms with Crippen LogP contribution in [0, 0.1) is 0 Å². The average Bonchev–Trinajstić information content (AvgIpc) is 1.69. The van der Waals surface area contributed by atoms with Crippen molar-refractivity contribution < 1.29 is 9.79 Å². The molecule has 0 aliphatic carbocycles. The van der Waals surface area contributed by atoms with Crippen LogP contribution in [0.25, 0.3) is 0 Å². The Morgan fingerprint density at radius 3 is 3.00 bits per heavy atom. The molecule has 0 unspecified atom stereocenters. The van der Waals surface area contributed by atoms with Gasteiger partial charge in [-0.15, -0.1) is 0 Å². The Morgan fingerprint density at radius 2 is 2.71 bits per heavy atom. The minimum atomic E-state index is 0.0961. The fourth-order valence-corrected chi connectivity index (χ4v) is 0.462. The van der Waals surface area contributed by atoms with Crippen molar-refractivity contribution in [3.05, 3.63) is 0 Å². The quantitative estimate of drug-likeness (QED) is 0.350. The summed E-state index contributed by atoms with van der Waals surface area (Å²) in [6.07, 6.45) is 2.16. The van der Waals surface area contributed by atoms with E-state index >= 15 is 0 Å². The molecule has 0 aromatic heterocycles. The highest BCUT2D eigenvalue weighted by Crippen LogP contribution is 1.70. The molecule has 1 aliphatic heterocycles. The Hall–Kier alpha value is -0.860. The van der Waals surface area contributed by atoms with Gasteiger partial charge in [-0.2, -0.15) is 0 Å². The van der Waals surface area contributed by atoms with Gasteiger partial charge in [-0.3, -0.25) is 4.99 Å². The molecular formula is C4H7N2O+. The van der Waals surface area contributed by atoms with Crippen LogP contribution in [0.1, 0.15) is 6.42 Å². The minimum absolute atomic E-state index is 0.0961. The predicted molar refractivity (Wildman–Crippen MR) is 24.7 cm³/mol. The van der Waals surface area contributed by atoms with Gasteiger partial charge in [-0.05, 0) is 0 Å². The largest absolute Gasteiger partial charge is 0.310 e. The van der Waals surface area contributed by atoms with Gasteiger partial charge in [0.2, 0.25) is 6.34 Å². The fraction of sp³-hybridized carbons (Fsp3) is 0.500. The van der Waals surface area contributed by atoms with Crippen LogP contribution in [-0.2, 0) is 4.79 Å². The lowest BCUT2D eigenvalue weighted by Gasteiger charge is -1.93. The first-order chi connectivity index (χ1) is 3.39. The maximum Gasteiger partial charge on any atom is 0.310 e. The highest BCUT2D eigenvalue weighted by atomic mass is 16.1. The summed E-state index contributed by atoms with van der Waals surface area (Å²) in [5.41, 5.74) is 0. The van der Waals surface area contributed by atoms with Crippen LogP contribution < -0.4 is 10.3 Å². The fourth-order valence-electron chi connectivity index (χ4n) is 0.462. The molecule has 0 radical (unpaired) electrons. The Balaban J connectivity index is 2.47. The number of carbonyl (C=O) groups excluding carboxylic acids is 1. The van der Waals surface area contributed by atoms with Crippen molar-refractivity contribution in [2.45, 2.75) is 6.42 Å². The predicted octanol–water partition coefficient (Wildman–Crippen LogP) is -2.38. The van der Waals surface area contributed by atoms with Crippen molar-refractivity contribution >= 4 is 12.2 Å². The molecule has 0 aromatic rings. The van der Waals surface area contributed by atoms with Crippen LogP contribution in [0.2, 0.25) is 0 Å². The molecule has 0 saturated carbocycles. The number of hydrogen-bond donors (Lipinski definition) is 2. The Morgan fingerprint density at radius 1 is 1.86 bits per heavy atom. The number of rotatable bonds is 0. The molecule has 3 nitrogen and oxygen atoms in total. The van der Waals surface area contributed by atoms with Crippen LogP contribution >= 0.6 is 0 Å². The molecule has 0 spiro atoms. The van der Waals surface area contributed by atoms with Crippen molar-refractivity contribution in [2.24, 2.45) is 0 Å². The van der Waals surface area contributed by atoms with Gasteiger partial charge in [-0.25, -0.2) is 10.1 Å². The third-order valence-electron chi connectivity index (χ3n) is 0.832. The molecule has 1 aliphatic rings. The van der Waals surface area contributed by atoms with E-state index in [1.165, 1.54) is 0 Å². The second-order valence-corrected chi connectivity index (χ2v) is 1.42. The number of nitrogens with one attached hydrogen (secondary N) is 2. The van der Waals surface area contributed by atoms with E-state index in [9.17, 15) is 4.79 Å². The molecule has 0 saturated heterocycles. The summed E-state index contributed by atoms with van der Waals surface area (Å²) in [6.45, 7) is 0.770. The van der Waals surface area contributed by atoms with E-state index in [0.29, 0.717) is 6.42 Å². The first-order valence-corrected chi connectivity index (χ1v) is 2.24. The summed E-state index contributed by atoms with van der Waals surface area (Å²) in [4.78, 5) is 13.1. The summed E-state index contributed by atoms with van der Waals surface area (Å²) in [7, 11) is 0. The molecule has 7 heavy (non-hydrogen) atoms. The van der Waals surface area contributed by atoms with E-state index in [1.807, 2.05) is 0 Å². The normalized spacial score (nSPS) is 19.1. The second kappa shape index (κ2) is 1.73. The Bertz CT molecular complexity index is 108. The van der Waals surface area contributed by atoms with E-state index in [4.69, 9.17) is 0 Å². The molecule has 0 atom stereocenters. The standard InChI is InChI=1S/C4H6N2O/c7-4-1-2-5-3-6-4/h3H,1-2H2,(H,5,6,7)/p+1. The lowest BCUT2D eigenvalue weighted by atomic mass is 10.4. The minimum Gasteiger partial charge on any atom is -0.280 e. The van der Waals surface area contributed by atoms with E-state index in [1.54, 1.807) is 6.34 Å². The van der Waals surface area contributed by atoms with Crippen LogP contribution in [-0.4, -0.2) is 18.8 Å². The molecule has 1 rings (SSSR count). The smallest absolute Gasteiger partial charge is 0.280 e. The molecule has 3 heteroatoms. The number of carbonyl (C=O) groups is 1.